The summed E-state index contributed by atoms with van der Waals surface area (Å²) in [5.74, 6) is -1.63. The Labute approximate surface area is 186 Å². The molecule has 0 aromatic heterocycles. The average molecular weight is 432 g/mol. The fourth-order valence-electron chi connectivity index (χ4n) is 3.13. The topological polar surface area (TPSA) is 82.0 Å². The molecule has 0 aliphatic heterocycles. The van der Waals surface area contributed by atoms with Gasteiger partial charge in [0.1, 0.15) is 0 Å². The van der Waals surface area contributed by atoms with Crippen LogP contribution in [-0.4, -0.2) is 30.4 Å². The van der Waals surface area contributed by atoms with Gasteiger partial charge in [-0.3, -0.25) is 14.6 Å². The highest BCUT2D eigenvalue weighted by Crippen LogP contribution is 2.11. The maximum atomic E-state index is 12.3. The Morgan fingerprint density at radius 1 is 0.774 bits per heavy atom. The maximum Gasteiger partial charge on any atom is 0.344 e. The summed E-state index contributed by atoms with van der Waals surface area (Å²) in [6.45, 7) is 3.94. The fourth-order valence-corrected chi connectivity index (χ4v) is 3.13. The first-order valence-electron chi connectivity index (χ1n) is 11.5. The Bertz CT molecular complexity index is 684. The zero-order valence-corrected chi connectivity index (χ0v) is 19.1. The molecule has 0 saturated heterocycles. The minimum Gasteiger partial charge on any atom is -0.408 e. The number of hydrogen-bond donors (Lipinski definition) is 0. The van der Waals surface area contributed by atoms with Gasteiger partial charge in [0.25, 0.3) is 0 Å². The Morgan fingerprint density at radius 2 is 1.35 bits per heavy atom. The Balaban J connectivity index is 2.40. The van der Waals surface area contributed by atoms with Crippen LogP contribution in [0.25, 0.3) is 0 Å². The van der Waals surface area contributed by atoms with Gasteiger partial charge in [-0.05, 0) is 18.6 Å². The van der Waals surface area contributed by atoms with Crippen molar-refractivity contribution < 1.29 is 23.9 Å². The predicted molar refractivity (Wildman–Crippen MR) is 122 cm³/mol. The van der Waals surface area contributed by atoms with Crippen molar-refractivity contribution >= 4 is 23.8 Å². The summed E-state index contributed by atoms with van der Waals surface area (Å²) >= 11 is 0. The lowest BCUT2D eigenvalue weighted by Crippen LogP contribution is -2.16. The molecule has 0 aliphatic carbocycles. The van der Waals surface area contributed by atoms with E-state index in [4.69, 9.17) is 4.74 Å². The largest absolute Gasteiger partial charge is 0.408 e. The van der Waals surface area contributed by atoms with Crippen LogP contribution in [0.5, 0.6) is 0 Å². The van der Waals surface area contributed by atoms with Crippen LogP contribution in [0.4, 0.5) is 0 Å². The Morgan fingerprint density at radius 3 is 1.94 bits per heavy atom. The molecule has 0 radical (unpaired) electrons. The number of hydrogen-bond acceptors (Lipinski definition) is 6. The number of carbonyl (C=O) groups is 3. The second-order valence-corrected chi connectivity index (χ2v) is 7.68. The molecule has 1 rings (SSSR count). The number of carbonyl (C=O) groups excluding carboxylic acids is 3. The van der Waals surface area contributed by atoms with Crippen LogP contribution in [0.15, 0.2) is 35.3 Å². The lowest BCUT2D eigenvalue weighted by atomic mass is 10.1. The lowest BCUT2D eigenvalue weighted by molar-refractivity contribution is -0.157. The van der Waals surface area contributed by atoms with Gasteiger partial charge in [0.2, 0.25) is 0 Å². The number of esters is 3. The first-order valence-corrected chi connectivity index (χ1v) is 11.5. The van der Waals surface area contributed by atoms with Crippen molar-refractivity contribution in [2.75, 3.05) is 6.54 Å². The molecule has 6 heteroatoms. The summed E-state index contributed by atoms with van der Waals surface area (Å²) in [5.41, 5.74) is 0.417. The normalized spacial score (nSPS) is 11.2. The van der Waals surface area contributed by atoms with Crippen molar-refractivity contribution in [1.29, 1.82) is 0 Å². The Hall–Kier alpha value is -2.50. The minimum atomic E-state index is -0.658. The zero-order valence-electron chi connectivity index (χ0n) is 19.1. The smallest absolute Gasteiger partial charge is 0.344 e. The third kappa shape index (κ3) is 14.2. The fraction of sp³-hybridized carbons (Fsp3) is 0.600. The number of benzene rings is 1. The van der Waals surface area contributed by atoms with Crippen LogP contribution < -0.4 is 0 Å². The van der Waals surface area contributed by atoms with Crippen molar-refractivity contribution in [2.45, 2.75) is 90.9 Å². The van der Waals surface area contributed by atoms with Crippen LogP contribution in [0.1, 0.15) is 101 Å². The number of unbranched alkanes of at least 4 members (excludes halogenated alkanes) is 9. The van der Waals surface area contributed by atoms with Gasteiger partial charge in [0.15, 0.2) is 5.90 Å². The predicted octanol–water partition coefficient (Wildman–Crippen LogP) is 6.03. The number of rotatable bonds is 15. The molecule has 0 spiro atoms. The molecule has 0 N–H and O–H groups in total. The SMILES string of the molecule is CCCCCCCCCCCCN=C(CCC(=O)OC(C)=O)OC(=O)c1ccccc1. The summed E-state index contributed by atoms with van der Waals surface area (Å²) in [7, 11) is 0. The molecule has 0 aliphatic rings. The van der Waals surface area contributed by atoms with E-state index in [9.17, 15) is 14.4 Å². The van der Waals surface area contributed by atoms with Crippen molar-refractivity contribution in [2.24, 2.45) is 4.99 Å². The highest BCUT2D eigenvalue weighted by molar-refractivity contribution is 5.99. The summed E-state index contributed by atoms with van der Waals surface area (Å²) < 4.78 is 9.93. The van der Waals surface area contributed by atoms with Crippen LogP contribution in [-0.2, 0) is 19.1 Å². The average Bonchev–Trinajstić information content (AvgIpc) is 2.75. The molecule has 0 bridgehead atoms. The van der Waals surface area contributed by atoms with E-state index in [1.807, 2.05) is 6.07 Å². The summed E-state index contributed by atoms with van der Waals surface area (Å²) in [6.07, 6.45) is 12.3. The summed E-state index contributed by atoms with van der Waals surface area (Å²) in [6, 6.07) is 8.64. The molecule has 0 unspecified atom stereocenters. The lowest BCUT2D eigenvalue weighted by Gasteiger charge is -2.08. The van der Waals surface area contributed by atoms with Gasteiger partial charge >= 0.3 is 17.9 Å². The molecule has 0 fully saturated rings. The van der Waals surface area contributed by atoms with Gasteiger partial charge in [-0.25, -0.2) is 4.79 Å². The van der Waals surface area contributed by atoms with Gasteiger partial charge in [-0.2, -0.15) is 0 Å². The monoisotopic (exact) mass is 431 g/mol. The molecule has 31 heavy (non-hydrogen) atoms. The molecule has 0 amide bonds. The van der Waals surface area contributed by atoms with E-state index >= 15 is 0 Å². The molecule has 6 nitrogen and oxygen atoms in total. The van der Waals surface area contributed by atoms with E-state index in [2.05, 4.69) is 16.7 Å². The quantitative estimate of drug-likeness (QED) is 0.111. The van der Waals surface area contributed by atoms with Gasteiger partial charge in [0, 0.05) is 19.9 Å². The van der Waals surface area contributed by atoms with Crippen molar-refractivity contribution in [3.8, 4) is 0 Å². The first kappa shape index (κ1) is 26.5. The van der Waals surface area contributed by atoms with E-state index in [-0.39, 0.29) is 18.7 Å². The van der Waals surface area contributed by atoms with E-state index in [0.29, 0.717) is 12.1 Å². The molecule has 0 heterocycles. The van der Waals surface area contributed by atoms with Gasteiger partial charge in [-0.15, -0.1) is 0 Å². The number of nitrogens with zero attached hydrogens (tertiary/aromatic N) is 1. The highest BCUT2D eigenvalue weighted by atomic mass is 16.6. The standard InChI is InChI=1S/C25H37NO5/c1-3-4-5-6-7-8-9-10-11-15-20-26-23(18-19-24(28)30-21(2)27)31-25(29)22-16-13-12-14-17-22/h12-14,16-17H,3-11,15,18-20H2,1-2H3. The molecule has 172 valence electrons. The third-order valence-electron chi connectivity index (χ3n) is 4.82. The third-order valence-corrected chi connectivity index (χ3v) is 4.82. The van der Waals surface area contributed by atoms with Crippen molar-refractivity contribution in [3.63, 3.8) is 0 Å². The molecule has 0 saturated carbocycles. The van der Waals surface area contributed by atoms with Crippen LogP contribution in [0.2, 0.25) is 0 Å². The second kappa shape index (κ2) is 17.2. The number of aliphatic imine (C=N–C) groups is 1. The van der Waals surface area contributed by atoms with E-state index in [1.165, 1.54) is 58.3 Å². The maximum absolute atomic E-state index is 12.3. The second-order valence-electron chi connectivity index (χ2n) is 7.68. The van der Waals surface area contributed by atoms with Crippen molar-refractivity contribution in [3.05, 3.63) is 35.9 Å². The summed E-state index contributed by atoms with van der Waals surface area (Å²) in [4.78, 5) is 39.2. The van der Waals surface area contributed by atoms with Gasteiger partial charge in [-0.1, -0.05) is 82.9 Å². The van der Waals surface area contributed by atoms with E-state index in [1.54, 1.807) is 24.3 Å². The molecule has 1 aromatic carbocycles. The van der Waals surface area contributed by atoms with Crippen LogP contribution >= 0.6 is 0 Å². The van der Waals surface area contributed by atoms with E-state index in [0.717, 1.165) is 12.8 Å². The number of ether oxygens (including phenoxy) is 2. The van der Waals surface area contributed by atoms with E-state index < -0.39 is 17.9 Å². The molecular weight excluding hydrogens is 394 g/mol. The van der Waals surface area contributed by atoms with Crippen LogP contribution in [0, 0.1) is 0 Å². The first-order chi connectivity index (χ1) is 15.0. The Kier molecular flexibility index (Phi) is 14.7. The van der Waals surface area contributed by atoms with Gasteiger partial charge in [0.05, 0.1) is 12.0 Å². The van der Waals surface area contributed by atoms with Crippen molar-refractivity contribution in [1.82, 2.24) is 0 Å². The highest BCUT2D eigenvalue weighted by Gasteiger charge is 2.14. The molecule has 0 atom stereocenters. The molecule has 1 aromatic rings. The summed E-state index contributed by atoms with van der Waals surface area (Å²) in [5, 5.41) is 0. The minimum absolute atomic E-state index is 0.0709. The zero-order chi connectivity index (χ0) is 22.7. The van der Waals surface area contributed by atoms with Gasteiger partial charge < -0.3 is 9.47 Å². The van der Waals surface area contributed by atoms with Crippen LogP contribution in [0.3, 0.4) is 0 Å². The molecular formula is C25H37NO5.